The van der Waals surface area contributed by atoms with Crippen molar-refractivity contribution in [1.82, 2.24) is 14.9 Å². The Morgan fingerprint density at radius 2 is 1.91 bits per heavy atom. The maximum atomic E-state index is 6.05. The van der Waals surface area contributed by atoms with Crippen LogP contribution >= 0.6 is 23.4 Å². The Balaban J connectivity index is 1.84. The van der Waals surface area contributed by atoms with Crippen molar-refractivity contribution in [3.8, 4) is 0 Å². The van der Waals surface area contributed by atoms with Crippen LogP contribution in [-0.2, 0) is 0 Å². The summed E-state index contributed by atoms with van der Waals surface area (Å²) in [7, 11) is 2.15. The first kappa shape index (κ1) is 16.4. The summed E-state index contributed by atoms with van der Waals surface area (Å²) in [6.07, 6.45) is 1.99. The molecule has 122 valence electrons. The Morgan fingerprint density at radius 1 is 1.13 bits per heavy atom. The molecule has 1 aliphatic heterocycles. The van der Waals surface area contributed by atoms with E-state index < -0.39 is 0 Å². The van der Waals surface area contributed by atoms with Crippen molar-refractivity contribution in [2.75, 3.05) is 49.7 Å². The molecule has 1 saturated heterocycles. The van der Waals surface area contributed by atoms with Gasteiger partial charge in [-0.2, -0.15) is 0 Å². The summed E-state index contributed by atoms with van der Waals surface area (Å²) in [5, 5.41) is 4.79. The molecule has 0 atom stereocenters. The number of aromatic nitrogens is 2. The van der Waals surface area contributed by atoms with E-state index in [1.807, 2.05) is 36.6 Å². The summed E-state index contributed by atoms with van der Waals surface area (Å²) in [6, 6.07) is 9.64. The van der Waals surface area contributed by atoms with Crippen LogP contribution in [0.4, 0.5) is 17.3 Å². The second kappa shape index (κ2) is 7.38. The van der Waals surface area contributed by atoms with Gasteiger partial charge in [-0.05, 0) is 31.5 Å². The lowest BCUT2D eigenvalue weighted by Gasteiger charge is -2.33. The predicted molar refractivity (Wildman–Crippen MR) is 98.3 cm³/mol. The molecule has 1 N–H and O–H groups in total. The van der Waals surface area contributed by atoms with E-state index in [1.165, 1.54) is 0 Å². The minimum absolute atomic E-state index is 0.702. The summed E-state index contributed by atoms with van der Waals surface area (Å²) < 4.78 is 0. The highest BCUT2D eigenvalue weighted by Crippen LogP contribution is 2.25. The van der Waals surface area contributed by atoms with Gasteiger partial charge >= 0.3 is 0 Å². The third-order valence-electron chi connectivity index (χ3n) is 3.80. The van der Waals surface area contributed by atoms with Gasteiger partial charge in [-0.15, -0.1) is 0 Å². The van der Waals surface area contributed by atoms with Gasteiger partial charge in [0.05, 0.1) is 0 Å². The van der Waals surface area contributed by atoms with Gasteiger partial charge < -0.3 is 15.1 Å². The molecular formula is C16H20ClN5S. The van der Waals surface area contributed by atoms with E-state index in [0.29, 0.717) is 5.02 Å². The summed E-state index contributed by atoms with van der Waals surface area (Å²) in [4.78, 5) is 13.8. The van der Waals surface area contributed by atoms with Gasteiger partial charge in [0.25, 0.3) is 0 Å². The molecule has 3 rings (SSSR count). The number of halogens is 1. The molecule has 0 saturated carbocycles. The minimum atomic E-state index is 0.702. The first-order valence-electron chi connectivity index (χ1n) is 7.53. The molecule has 7 heteroatoms. The van der Waals surface area contributed by atoms with E-state index in [9.17, 15) is 0 Å². The highest BCUT2D eigenvalue weighted by molar-refractivity contribution is 7.98. The smallest absolute Gasteiger partial charge is 0.191 e. The molecule has 1 aliphatic rings. The molecular weight excluding hydrogens is 330 g/mol. The zero-order valence-corrected chi connectivity index (χ0v) is 14.9. The normalized spacial score (nSPS) is 15.7. The van der Waals surface area contributed by atoms with Gasteiger partial charge in [0.2, 0.25) is 0 Å². The number of nitrogens with zero attached hydrogens (tertiary/aromatic N) is 4. The van der Waals surface area contributed by atoms with Gasteiger partial charge in [0.15, 0.2) is 5.16 Å². The number of hydrogen-bond acceptors (Lipinski definition) is 6. The van der Waals surface area contributed by atoms with Gasteiger partial charge in [-0.25, -0.2) is 9.97 Å². The third-order valence-corrected chi connectivity index (χ3v) is 4.58. The molecule has 0 unspecified atom stereocenters. The topological polar surface area (TPSA) is 44.3 Å². The molecule has 1 fully saturated rings. The van der Waals surface area contributed by atoms with Crippen LogP contribution < -0.4 is 10.2 Å². The van der Waals surface area contributed by atoms with E-state index in [2.05, 4.69) is 32.1 Å². The number of benzene rings is 1. The monoisotopic (exact) mass is 349 g/mol. The summed E-state index contributed by atoms with van der Waals surface area (Å²) in [6.45, 7) is 4.07. The lowest BCUT2D eigenvalue weighted by molar-refractivity contribution is 0.312. The summed E-state index contributed by atoms with van der Waals surface area (Å²) in [5.41, 5.74) is 0.924. The number of anilines is 3. The first-order valence-corrected chi connectivity index (χ1v) is 9.13. The molecule has 23 heavy (non-hydrogen) atoms. The fraction of sp³-hybridized carbons (Fsp3) is 0.375. The molecule has 1 aromatic heterocycles. The lowest BCUT2D eigenvalue weighted by atomic mass is 10.3. The second-order valence-electron chi connectivity index (χ2n) is 5.52. The van der Waals surface area contributed by atoms with Crippen LogP contribution in [0, 0.1) is 0 Å². The fourth-order valence-corrected chi connectivity index (χ4v) is 3.04. The van der Waals surface area contributed by atoms with Gasteiger partial charge in [-0.3, -0.25) is 0 Å². The maximum absolute atomic E-state index is 6.05. The lowest BCUT2D eigenvalue weighted by Crippen LogP contribution is -2.44. The molecule has 2 heterocycles. The van der Waals surface area contributed by atoms with E-state index in [-0.39, 0.29) is 0 Å². The summed E-state index contributed by atoms with van der Waals surface area (Å²) in [5.74, 6) is 1.77. The molecule has 0 amide bonds. The standard InChI is InChI=1S/C16H20ClN5S/c1-21-6-8-22(9-7-21)15-11-14(19-16(20-15)23-2)18-13-5-3-4-12(17)10-13/h3-5,10-11H,6-9H2,1-2H3,(H,18,19,20). The van der Waals surface area contributed by atoms with Crippen LogP contribution in [0.2, 0.25) is 5.02 Å². The van der Waals surface area contributed by atoms with Crippen molar-refractivity contribution in [2.45, 2.75) is 5.16 Å². The zero-order valence-electron chi connectivity index (χ0n) is 13.3. The van der Waals surface area contributed by atoms with Crippen LogP contribution in [-0.4, -0.2) is 54.4 Å². The first-order chi connectivity index (χ1) is 11.1. The van der Waals surface area contributed by atoms with Crippen LogP contribution in [0.1, 0.15) is 0 Å². The van der Waals surface area contributed by atoms with E-state index >= 15 is 0 Å². The minimum Gasteiger partial charge on any atom is -0.354 e. The van der Waals surface area contributed by atoms with Crippen molar-refractivity contribution < 1.29 is 0 Å². The number of thioether (sulfide) groups is 1. The zero-order chi connectivity index (χ0) is 16.2. The SMILES string of the molecule is CSc1nc(Nc2cccc(Cl)c2)cc(N2CCN(C)CC2)n1. The van der Waals surface area contributed by atoms with Gasteiger partial charge in [0, 0.05) is 43.0 Å². The van der Waals surface area contributed by atoms with Crippen molar-refractivity contribution in [1.29, 1.82) is 0 Å². The van der Waals surface area contributed by atoms with Crippen molar-refractivity contribution >= 4 is 40.7 Å². The molecule has 2 aromatic rings. The van der Waals surface area contributed by atoms with E-state index in [1.54, 1.807) is 11.8 Å². The molecule has 0 aliphatic carbocycles. The van der Waals surface area contributed by atoms with Gasteiger partial charge in [-0.1, -0.05) is 29.4 Å². The van der Waals surface area contributed by atoms with Crippen LogP contribution in [0.25, 0.3) is 0 Å². The van der Waals surface area contributed by atoms with Crippen molar-refractivity contribution in [2.24, 2.45) is 0 Å². The predicted octanol–water partition coefficient (Wildman–Crippen LogP) is 3.35. The molecule has 5 nitrogen and oxygen atoms in total. The average molecular weight is 350 g/mol. The average Bonchev–Trinajstić information content (AvgIpc) is 2.55. The number of piperazine rings is 1. The van der Waals surface area contributed by atoms with E-state index in [4.69, 9.17) is 11.6 Å². The van der Waals surface area contributed by atoms with Crippen molar-refractivity contribution in [3.63, 3.8) is 0 Å². The largest absolute Gasteiger partial charge is 0.354 e. The number of rotatable bonds is 4. The Morgan fingerprint density at radius 3 is 2.61 bits per heavy atom. The summed E-state index contributed by atoms with van der Waals surface area (Å²) >= 11 is 7.60. The number of hydrogen-bond donors (Lipinski definition) is 1. The fourth-order valence-electron chi connectivity index (χ4n) is 2.48. The highest BCUT2D eigenvalue weighted by Gasteiger charge is 2.17. The van der Waals surface area contributed by atoms with Crippen LogP contribution in [0.15, 0.2) is 35.5 Å². The Labute approximate surface area is 146 Å². The van der Waals surface area contributed by atoms with E-state index in [0.717, 1.165) is 48.7 Å². The molecule has 0 spiro atoms. The molecule has 0 bridgehead atoms. The van der Waals surface area contributed by atoms with Crippen molar-refractivity contribution in [3.05, 3.63) is 35.4 Å². The Hall–Kier alpha value is -1.50. The second-order valence-corrected chi connectivity index (χ2v) is 6.73. The molecule has 1 aromatic carbocycles. The van der Waals surface area contributed by atoms with Crippen LogP contribution in [0.3, 0.4) is 0 Å². The Bertz CT molecular complexity index is 673. The maximum Gasteiger partial charge on any atom is 0.191 e. The highest BCUT2D eigenvalue weighted by atomic mass is 35.5. The third kappa shape index (κ3) is 4.28. The quantitative estimate of drug-likeness (QED) is 0.674. The number of nitrogens with one attached hydrogen (secondary N) is 1. The van der Waals surface area contributed by atoms with Gasteiger partial charge in [0.1, 0.15) is 11.6 Å². The van der Waals surface area contributed by atoms with Crippen LogP contribution in [0.5, 0.6) is 0 Å². The number of likely N-dealkylation sites (N-methyl/N-ethyl adjacent to an activating group) is 1. The Kier molecular flexibility index (Phi) is 5.25. The molecule has 0 radical (unpaired) electrons.